The fourth-order valence-electron chi connectivity index (χ4n) is 3.11. The smallest absolute Gasteiger partial charge is 0.315 e. The zero-order valence-electron chi connectivity index (χ0n) is 15.1. The summed E-state index contributed by atoms with van der Waals surface area (Å²) in [5.41, 5.74) is 3.41. The van der Waals surface area contributed by atoms with E-state index in [2.05, 4.69) is 59.2 Å². The lowest BCUT2D eigenvalue weighted by Gasteiger charge is -2.18. The molecule has 0 bridgehead atoms. The van der Waals surface area contributed by atoms with Gasteiger partial charge in [0.1, 0.15) is 0 Å². The number of rotatable bonds is 7. The van der Waals surface area contributed by atoms with Crippen LogP contribution >= 0.6 is 11.6 Å². The predicted molar refractivity (Wildman–Crippen MR) is 111 cm³/mol. The highest BCUT2D eigenvalue weighted by Crippen LogP contribution is 2.27. The van der Waals surface area contributed by atoms with Gasteiger partial charge < -0.3 is 10.6 Å². The van der Waals surface area contributed by atoms with Crippen molar-refractivity contribution >= 4 is 17.6 Å². The molecule has 2 amide bonds. The molecule has 3 aromatic rings. The van der Waals surface area contributed by atoms with Crippen molar-refractivity contribution in [2.75, 3.05) is 6.54 Å². The molecule has 0 spiro atoms. The Balaban J connectivity index is 1.55. The minimum atomic E-state index is -0.185. The highest BCUT2D eigenvalue weighted by molar-refractivity contribution is 6.31. The van der Waals surface area contributed by atoms with Crippen LogP contribution in [-0.2, 0) is 6.54 Å². The third-order valence-corrected chi connectivity index (χ3v) is 4.89. The molecule has 2 N–H and O–H groups in total. The van der Waals surface area contributed by atoms with Crippen LogP contribution in [0.1, 0.15) is 29.0 Å². The summed E-state index contributed by atoms with van der Waals surface area (Å²) in [4.78, 5) is 12.1. The Morgan fingerprint density at radius 2 is 1.33 bits per heavy atom. The molecule has 0 aliphatic rings. The Morgan fingerprint density at radius 3 is 1.93 bits per heavy atom. The van der Waals surface area contributed by atoms with Gasteiger partial charge in [-0.05, 0) is 29.2 Å². The third-order valence-electron chi connectivity index (χ3n) is 4.52. The van der Waals surface area contributed by atoms with Gasteiger partial charge in [0.05, 0.1) is 0 Å². The van der Waals surface area contributed by atoms with E-state index >= 15 is 0 Å². The van der Waals surface area contributed by atoms with Gasteiger partial charge in [-0.1, -0.05) is 90.5 Å². The van der Waals surface area contributed by atoms with E-state index in [9.17, 15) is 4.79 Å². The van der Waals surface area contributed by atoms with Crippen LogP contribution in [0.25, 0.3) is 0 Å². The molecule has 0 aliphatic carbocycles. The van der Waals surface area contributed by atoms with Crippen LogP contribution in [0, 0.1) is 0 Å². The monoisotopic (exact) mass is 378 g/mol. The second kappa shape index (κ2) is 9.79. The normalized spacial score (nSPS) is 10.6. The average molecular weight is 379 g/mol. The first-order valence-electron chi connectivity index (χ1n) is 9.09. The summed E-state index contributed by atoms with van der Waals surface area (Å²) in [5.74, 6) is 0.247. The number of carbonyl (C=O) groups is 1. The van der Waals surface area contributed by atoms with Crippen molar-refractivity contribution in [3.8, 4) is 0 Å². The molecule has 0 saturated heterocycles. The molecule has 4 heteroatoms. The molecule has 0 fully saturated rings. The summed E-state index contributed by atoms with van der Waals surface area (Å²) in [6.45, 7) is 0.995. The second-order valence-corrected chi connectivity index (χ2v) is 6.77. The van der Waals surface area contributed by atoms with Crippen molar-refractivity contribution in [1.82, 2.24) is 10.6 Å². The lowest BCUT2D eigenvalue weighted by Crippen LogP contribution is -2.36. The summed E-state index contributed by atoms with van der Waals surface area (Å²) >= 11 is 6.12. The molecule has 0 aromatic heterocycles. The summed E-state index contributed by atoms with van der Waals surface area (Å²) in [7, 11) is 0. The zero-order chi connectivity index (χ0) is 18.9. The molecule has 0 atom stereocenters. The van der Waals surface area contributed by atoms with E-state index in [0.717, 1.165) is 12.0 Å². The molecule has 0 radical (unpaired) electrons. The number of hydrogen-bond donors (Lipinski definition) is 2. The van der Waals surface area contributed by atoms with Crippen LogP contribution < -0.4 is 10.6 Å². The molecule has 0 unspecified atom stereocenters. The Hall–Kier alpha value is -2.78. The van der Waals surface area contributed by atoms with Gasteiger partial charge in [0, 0.05) is 24.0 Å². The van der Waals surface area contributed by atoms with E-state index < -0.39 is 0 Å². The van der Waals surface area contributed by atoms with E-state index in [1.807, 2.05) is 36.4 Å². The van der Waals surface area contributed by atoms with Crippen LogP contribution in [0.5, 0.6) is 0 Å². The van der Waals surface area contributed by atoms with E-state index in [1.54, 1.807) is 0 Å². The lowest BCUT2D eigenvalue weighted by molar-refractivity contribution is 0.240. The molecular weight excluding hydrogens is 356 g/mol. The van der Waals surface area contributed by atoms with Crippen molar-refractivity contribution in [2.45, 2.75) is 18.9 Å². The number of halogens is 1. The quantitative estimate of drug-likeness (QED) is 0.570. The van der Waals surface area contributed by atoms with Crippen molar-refractivity contribution in [3.05, 3.63) is 107 Å². The standard InChI is InChI=1S/C23H23ClN2O/c24-22-14-8-7-13-20(22)17-26-23(27)25-16-15-21(18-9-3-1-4-10-18)19-11-5-2-6-12-19/h1-14,21H,15-17H2,(H2,25,26,27). The van der Waals surface area contributed by atoms with Gasteiger partial charge in [-0.25, -0.2) is 4.79 Å². The first-order chi connectivity index (χ1) is 13.2. The van der Waals surface area contributed by atoms with Crippen molar-refractivity contribution in [3.63, 3.8) is 0 Å². The highest BCUT2D eigenvalue weighted by Gasteiger charge is 2.14. The first kappa shape index (κ1) is 19.0. The molecular formula is C23H23ClN2O. The van der Waals surface area contributed by atoms with Crippen molar-refractivity contribution in [1.29, 1.82) is 0 Å². The molecule has 0 aliphatic heterocycles. The number of amides is 2. The maximum absolute atomic E-state index is 12.1. The van der Waals surface area contributed by atoms with E-state index in [4.69, 9.17) is 11.6 Å². The molecule has 0 heterocycles. The third kappa shape index (κ3) is 5.60. The summed E-state index contributed by atoms with van der Waals surface area (Å²) in [5, 5.41) is 6.47. The second-order valence-electron chi connectivity index (χ2n) is 6.36. The zero-order valence-corrected chi connectivity index (χ0v) is 15.8. The van der Waals surface area contributed by atoms with Gasteiger partial charge in [0.15, 0.2) is 0 Å². The van der Waals surface area contributed by atoms with E-state index in [-0.39, 0.29) is 11.9 Å². The molecule has 3 aromatic carbocycles. The van der Waals surface area contributed by atoms with Crippen molar-refractivity contribution in [2.24, 2.45) is 0 Å². The van der Waals surface area contributed by atoms with Crippen LogP contribution in [0.3, 0.4) is 0 Å². The molecule has 0 saturated carbocycles. The Labute approximate surface area is 165 Å². The van der Waals surface area contributed by atoms with Gasteiger partial charge in [-0.2, -0.15) is 0 Å². The van der Waals surface area contributed by atoms with Gasteiger partial charge in [0.2, 0.25) is 0 Å². The Morgan fingerprint density at radius 1 is 0.778 bits per heavy atom. The number of benzene rings is 3. The summed E-state index contributed by atoms with van der Waals surface area (Å²) in [6.07, 6.45) is 0.827. The van der Waals surface area contributed by atoms with E-state index in [0.29, 0.717) is 18.1 Å². The number of nitrogens with one attached hydrogen (secondary N) is 2. The average Bonchev–Trinajstić information content (AvgIpc) is 2.72. The minimum absolute atomic E-state index is 0.185. The SMILES string of the molecule is O=C(NCCC(c1ccccc1)c1ccccc1)NCc1ccccc1Cl. The maximum Gasteiger partial charge on any atom is 0.315 e. The molecule has 27 heavy (non-hydrogen) atoms. The van der Waals surface area contributed by atoms with E-state index in [1.165, 1.54) is 11.1 Å². The molecule has 138 valence electrons. The summed E-state index contributed by atoms with van der Waals surface area (Å²) in [6, 6.07) is 28.1. The largest absolute Gasteiger partial charge is 0.338 e. The first-order valence-corrected chi connectivity index (χ1v) is 9.47. The molecule has 3 rings (SSSR count). The number of urea groups is 1. The van der Waals surface area contributed by atoms with Gasteiger partial charge >= 0.3 is 6.03 Å². The predicted octanol–water partition coefficient (Wildman–Crippen LogP) is 5.36. The number of carbonyl (C=O) groups excluding carboxylic acids is 1. The fraction of sp³-hybridized carbons (Fsp3) is 0.174. The van der Waals surface area contributed by atoms with Gasteiger partial charge in [-0.3, -0.25) is 0 Å². The summed E-state index contributed by atoms with van der Waals surface area (Å²) < 4.78 is 0. The fourth-order valence-corrected chi connectivity index (χ4v) is 3.31. The number of hydrogen-bond acceptors (Lipinski definition) is 1. The van der Waals surface area contributed by atoms with Crippen LogP contribution in [0.2, 0.25) is 5.02 Å². The Kier molecular flexibility index (Phi) is 6.89. The molecule has 3 nitrogen and oxygen atoms in total. The topological polar surface area (TPSA) is 41.1 Å². The highest BCUT2D eigenvalue weighted by atomic mass is 35.5. The van der Waals surface area contributed by atoms with Crippen LogP contribution in [0.4, 0.5) is 4.79 Å². The maximum atomic E-state index is 12.1. The van der Waals surface area contributed by atoms with Crippen LogP contribution in [-0.4, -0.2) is 12.6 Å². The van der Waals surface area contributed by atoms with Crippen LogP contribution in [0.15, 0.2) is 84.9 Å². The Bertz CT molecular complexity index is 813. The van der Waals surface area contributed by atoms with Gasteiger partial charge in [0.25, 0.3) is 0 Å². The van der Waals surface area contributed by atoms with Crippen molar-refractivity contribution < 1.29 is 4.79 Å². The lowest BCUT2D eigenvalue weighted by atomic mass is 9.88. The minimum Gasteiger partial charge on any atom is -0.338 e. The van der Waals surface area contributed by atoms with Gasteiger partial charge in [-0.15, -0.1) is 0 Å².